The minimum absolute atomic E-state index is 0.239. The van der Waals surface area contributed by atoms with Crippen molar-refractivity contribution in [1.29, 1.82) is 0 Å². The van der Waals surface area contributed by atoms with E-state index in [1.54, 1.807) is 0 Å². The average molecular weight is 304 g/mol. The van der Waals surface area contributed by atoms with Crippen LogP contribution in [0.3, 0.4) is 0 Å². The van der Waals surface area contributed by atoms with Gasteiger partial charge in [0.1, 0.15) is 0 Å². The zero-order valence-corrected chi connectivity index (χ0v) is 12.6. The number of hydrogen-bond acceptors (Lipinski definition) is 1. The van der Waals surface area contributed by atoms with Gasteiger partial charge in [0.2, 0.25) is 5.91 Å². The van der Waals surface area contributed by atoms with Crippen LogP contribution in [0.1, 0.15) is 64.7 Å². The van der Waals surface area contributed by atoms with E-state index in [0.717, 1.165) is 18.2 Å². The van der Waals surface area contributed by atoms with Gasteiger partial charge in [-0.15, -0.1) is 0 Å². The summed E-state index contributed by atoms with van der Waals surface area (Å²) in [7, 11) is 0. The summed E-state index contributed by atoms with van der Waals surface area (Å²) in [6.07, 6.45) is 10.8. The van der Waals surface area contributed by atoms with Crippen LogP contribution in [0.15, 0.2) is 0 Å². The lowest BCUT2D eigenvalue weighted by Crippen LogP contribution is -2.37. The van der Waals surface area contributed by atoms with Gasteiger partial charge in [0, 0.05) is 17.8 Å². The van der Waals surface area contributed by atoms with Crippen LogP contribution in [0.2, 0.25) is 0 Å². The van der Waals surface area contributed by atoms with Crippen molar-refractivity contribution in [2.75, 3.05) is 5.33 Å². The highest BCUT2D eigenvalue weighted by Gasteiger charge is 2.20. The lowest BCUT2D eigenvalue weighted by Gasteiger charge is -2.23. The normalized spacial score (nSPS) is 19.6. The van der Waals surface area contributed by atoms with Crippen molar-refractivity contribution in [3.05, 3.63) is 0 Å². The molecule has 0 radical (unpaired) electrons. The Morgan fingerprint density at radius 3 is 2.47 bits per heavy atom. The molecule has 1 atom stereocenters. The predicted molar refractivity (Wildman–Crippen MR) is 76.4 cm³/mol. The summed E-state index contributed by atoms with van der Waals surface area (Å²) in [4.78, 5) is 11.7. The molecule has 0 aliphatic heterocycles. The van der Waals surface area contributed by atoms with Crippen LogP contribution in [0.5, 0.6) is 0 Å². The maximum atomic E-state index is 11.7. The van der Waals surface area contributed by atoms with Crippen LogP contribution in [0.25, 0.3) is 0 Å². The van der Waals surface area contributed by atoms with E-state index >= 15 is 0 Å². The first-order valence-electron chi connectivity index (χ1n) is 7.09. The van der Waals surface area contributed by atoms with E-state index in [9.17, 15) is 4.79 Å². The quantitative estimate of drug-likeness (QED) is 0.448. The third-order valence-electron chi connectivity index (χ3n) is 3.78. The zero-order valence-electron chi connectivity index (χ0n) is 11.0. The van der Waals surface area contributed by atoms with Crippen LogP contribution in [0.4, 0.5) is 0 Å². The monoisotopic (exact) mass is 303 g/mol. The van der Waals surface area contributed by atoms with Gasteiger partial charge < -0.3 is 5.32 Å². The molecule has 1 amide bonds. The summed E-state index contributed by atoms with van der Waals surface area (Å²) in [5, 5.41) is 4.18. The number of unbranched alkanes of at least 4 members (excludes halogenated alkanes) is 1. The third kappa shape index (κ3) is 6.44. The summed E-state index contributed by atoms with van der Waals surface area (Å²) >= 11 is 3.39. The fourth-order valence-corrected chi connectivity index (χ4v) is 3.03. The molecule has 0 spiro atoms. The molecule has 0 aromatic heterocycles. The number of carbonyl (C=O) groups excluding carboxylic acids is 1. The molecule has 0 aromatic carbocycles. The first-order chi connectivity index (χ1) is 8.24. The van der Waals surface area contributed by atoms with Gasteiger partial charge in [0.05, 0.1) is 0 Å². The molecule has 1 aliphatic carbocycles. The Morgan fingerprint density at radius 2 is 1.88 bits per heavy atom. The molecular weight excluding hydrogens is 278 g/mol. The maximum absolute atomic E-state index is 11.7. The van der Waals surface area contributed by atoms with Crippen molar-refractivity contribution >= 4 is 21.8 Å². The second-order valence-electron chi connectivity index (χ2n) is 5.25. The summed E-state index contributed by atoms with van der Waals surface area (Å²) in [6, 6.07) is 0.365. The van der Waals surface area contributed by atoms with Gasteiger partial charge in [0.25, 0.3) is 0 Å². The van der Waals surface area contributed by atoms with E-state index in [0.29, 0.717) is 18.4 Å². The molecule has 1 N–H and O–H groups in total. The molecule has 3 heteroatoms. The number of halogens is 1. The van der Waals surface area contributed by atoms with Crippen molar-refractivity contribution in [1.82, 2.24) is 5.32 Å². The molecular formula is C14H26BrNO. The van der Waals surface area contributed by atoms with Crippen molar-refractivity contribution in [3.8, 4) is 0 Å². The van der Waals surface area contributed by atoms with E-state index in [2.05, 4.69) is 28.2 Å². The number of hydrogen-bond donors (Lipinski definition) is 1. The van der Waals surface area contributed by atoms with Crippen LogP contribution >= 0.6 is 15.9 Å². The second kappa shape index (κ2) is 8.96. The summed E-state index contributed by atoms with van der Waals surface area (Å²) in [6.45, 7) is 2.18. The van der Waals surface area contributed by atoms with Gasteiger partial charge in [-0.3, -0.25) is 4.79 Å². The second-order valence-corrected chi connectivity index (χ2v) is 6.05. The van der Waals surface area contributed by atoms with Gasteiger partial charge in [-0.05, 0) is 38.5 Å². The van der Waals surface area contributed by atoms with Gasteiger partial charge >= 0.3 is 0 Å². The number of amides is 1. The van der Waals surface area contributed by atoms with Crippen molar-refractivity contribution in [2.45, 2.75) is 70.8 Å². The highest BCUT2D eigenvalue weighted by atomic mass is 79.9. The Bertz CT molecular complexity index is 212. The van der Waals surface area contributed by atoms with E-state index in [-0.39, 0.29) is 5.91 Å². The number of alkyl halides is 1. The summed E-state index contributed by atoms with van der Waals surface area (Å²) < 4.78 is 0. The molecule has 2 nitrogen and oxygen atoms in total. The smallest absolute Gasteiger partial charge is 0.220 e. The summed E-state index contributed by atoms with van der Waals surface area (Å²) in [5.41, 5.74) is 0. The molecule has 0 heterocycles. The van der Waals surface area contributed by atoms with Crippen LogP contribution in [-0.4, -0.2) is 17.3 Å². The number of carbonyl (C=O) groups is 1. The maximum Gasteiger partial charge on any atom is 0.220 e. The molecule has 0 saturated heterocycles. The predicted octanol–water partition coefficient (Wildman–Crippen LogP) is 4.03. The molecule has 0 aromatic rings. The Morgan fingerprint density at radius 1 is 1.24 bits per heavy atom. The highest BCUT2D eigenvalue weighted by molar-refractivity contribution is 9.09. The van der Waals surface area contributed by atoms with Gasteiger partial charge in [-0.2, -0.15) is 0 Å². The van der Waals surface area contributed by atoms with Crippen LogP contribution in [0, 0.1) is 5.92 Å². The van der Waals surface area contributed by atoms with E-state index in [1.807, 2.05) is 0 Å². The molecule has 1 fully saturated rings. The Kier molecular flexibility index (Phi) is 7.91. The minimum Gasteiger partial charge on any atom is -0.353 e. The first-order valence-corrected chi connectivity index (χ1v) is 8.21. The van der Waals surface area contributed by atoms with E-state index < -0.39 is 0 Å². The average Bonchev–Trinajstić information content (AvgIpc) is 2.57. The van der Waals surface area contributed by atoms with E-state index in [1.165, 1.54) is 38.5 Å². The zero-order chi connectivity index (χ0) is 12.5. The van der Waals surface area contributed by atoms with Crippen molar-refractivity contribution in [3.63, 3.8) is 0 Å². The van der Waals surface area contributed by atoms with E-state index in [4.69, 9.17) is 0 Å². The lowest BCUT2D eigenvalue weighted by molar-refractivity contribution is -0.122. The van der Waals surface area contributed by atoms with Crippen LogP contribution < -0.4 is 5.32 Å². The highest BCUT2D eigenvalue weighted by Crippen LogP contribution is 2.25. The fraction of sp³-hybridized carbons (Fsp3) is 0.929. The number of nitrogens with one attached hydrogen (secondary N) is 1. The van der Waals surface area contributed by atoms with Crippen LogP contribution in [-0.2, 0) is 4.79 Å². The molecule has 100 valence electrons. The van der Waals surface area contributed by atoms with Gasteiger partial charge in [-0.25, -0.2) is 0 Å². The van der Waals surface area contributed by atoms with Crippen molar-refractivity contribution in [2.24, 2.45) is 5.92 Å². The molecule has 1 saturated carbocycles. The topological polar surface area (TPSA) is 29.1 Å². The molecule has 1 aliphatic rings. The third-order valence-corrected chi connectivity index (χ3v) is 4.34. The SMILES string of the molecule is C[C@H](NC(=O)CCCCBr)C1CCCCCC1. The lowest BCUT2D eigenvalue weighted by atomic mass is 9.93. The fourth-order valence-electron chi connectivity index (χ4n) is 2.63. The summed E-state index contributed by atoms with van der Waals surface area (Å²) in [5.74, 6) is 0.945. The molecule has 0 bridgehead atoms. The Balaban J connectivity index is 2.21. The standard InChI is InChI=1S/C14H26BrNO/c1-12(13-8-4-2-3-5-9-13)16-14(17)10-6-7-11-15/h12-13H,2-11H2,1H3,(H,16,17)/t12-/m0/s1. The minimum atomic E-state index is 0.239. The van der Waals surface area contributed by atoms with Gasteiger partial charge in [-0.1, -0.05) is 41.6 Å². The van der Waals surface area contributed by atoms with Gasteiger partial charge in [0.15, 0.2) is 0 Å². The largest absolute Gasteiger partial charge is 0.353 e. The molecule has 0 unspecified atom stereocenters. The Hall–Kier alpha value is -0.0500. The molecule has 1 rings (SSSR count). The molecule has 17 heavy (non-hydrogen) atoms. The first kappa shape index (κ1) is 15.0. The Labute approximate surface area is 114 Å². The van der Waals surface area contributed by atoms with Crippen molar-refractivity contribution < 1.29 is 4.79 Å². The number of rotatable bonds is 6.